The van der Waals surface area contributed by atoms with E-state index >= 15 is 0 Å². The van der Waals surface area contributed by atoms with E-state index in [0.717, 1.165) is 48.9 Å². The van der Waals surface area contributed by atoms with Crippen LogP contribution in [0.15, 0.2) is 36.7 Å². The van der Waals surface area contributed by atoms with Crippen LogP contribution < -0.4 is 0 Å². The van der Waals surface area contributed by atoms with Crippen molar-refractivity contribution in [3.63, 3.8) is 0 Å². The smallest absolute Gasteiger partial charge is 0.379 e. The maximum atomic E-state index is 13.9. The number of nitrogens with zero attached hydrogens (tertiary/aromatic N) is 6. The Bertz CT molecular complexity index is 1460. The maximum absolute atomic E-state index is 13.9. The van der Waals surface area contributed by atoms with E-state index in [-0.39, 0.29) is 5.41 Å². The molecule has 0 bridgehead atoms. The van der Waals surface area contributed by atoms with Gasteiger partial charge in [0, 0.05) is 42.9 Å². The third-order valence-corrected chi connectivity index (χ3v) is 7.84. The summed E-state index contributed by atoms with van der Waals surface area (Å²) in [5, 5.41) is 16.2. The van der Waals surface area contributed by atoms with Crippen molar-refractivity contribution in [1.29, 1.82) is 0 Å². The van der Waals surface area contributed by atoms with E-state index in [2.05, 4.69) is 37.2 Å². The van der Waals surface area contributed by atoms with E-state index in [1.54, 1.807) is 6.33 Å². The first-order chi connectivity index (χ1) is 18.2. The number of halogens is 3. The van der Waals surface area contributed by atoms with Crippen LogP contribution in [0.2, 0.25) is 0 Å². The summed E-state index contributed by atoms with van der Waals surface area (Å²) in [6.45, 7) is 5.29. The van der Waals surface area contributed by atoms with Crippen LogP contribution in [0, 0.1) is 5.92 Å². The van der Waals surface area contributed by atoms with Gasteiger partial charge in [-0.15, -0.1) is 10.2 Å². The number of rotatable bonds is 6. The fourth-order valence-electron chi connectivity index (χ4n) is 5.69. The largest absolute Gasteiger partial charge is 0.433 e. The van der Waals surface area contributed by atoms with E-state index in [1.165, 1.54) is 0 Å². The second-order valence-electron chi connectivity index (χ2n) is 10.8. The summed E-state index contributed by atoms with van der Waals surface area (Å²) in [5.74, 6) is 1.36. The van der Waals surface area contributed by atoms with Crippen LogP contribution in [0.25, 0.3) is 22.2 Å². The molecule has 3 aromatic heterocycles. The molecule has 0 spiro atoms. The third-order valence-electron chi connectivity index (χ3n) is 7.84. The molecule has 1 atom stereocenters. The number of benzene rings is 1. The Morgan fingerprint density at radius 3 is 2.74 bits per heavy atom. The number of aromatic nitrogens is 6. The molecule has 4 aromatic rings. The highest BCUT2D eigenvalue weighted by molar-refractivity contribution is 5.94. The molecule has 2 saturated heterocycles. The van der Waals surface area contributed by atoms with Crippen molar-refractivity contribution in [3.05, 3.63) is 59.4 Å². The molecular formula is C27H30F3N7O. The minimum absolute atomic E-state index is 0.280. The van der Waals surface area contributed by atoms with Gasteiger partial charge in [-0.1, -0.05) is 25.1 Å². The molecule has 2 fully saturated rings. The Hall–Kier alpha value is -3.31. The second-order valence-corrected chi connectivity index (χ2v) is 10.8. The number of fused-ring (bicyclic) bond motifs is 1. The first kappa shape index (κ1) is 25.0. The molecule has 11 heteroatoms. The lowest BCUT2D eigenvalue weighted by molar-refractivity contribution is -0.141. The van der Waals surface area contributed by atoms with Gasteiger partial charge in [-0.2, -0.15) is 18.3 Å². The zero-order valence-corrected chi connectivity index (χ0v) is 21.4. The fourth-order valence-corrected chi connectivity index (χ4v) is 5.69. The Labute approximate surface area is 218 Å². The molecule has 2 aliphatic rings. The quantitative estimate of drug-likeness (QED) is 0.399. The average molecular weight is 526 g/mol. The Morgan fingerprint density at radius 2 is 2.05 bits per heavy atom. The van der Waals surface area contributed by atoms with Crippen LogP contribution in [-0.4, -0.2) is 61.1 Å². The van der Waals surface area contributed by atoms with Crippen molar-refractivity contribution in [2.24, 2.45) is 13.0 Å². The van der Waals surface area contributed by atoms with Gasteiger partial charge in [-0.05, 0) is 43.0 Å². The summed E-state index contributed by atoms with van der Waals surface area (Å²) in [6, 6.07) is 8.96. The summed E-state index contributed by atoms with van der Waals surface area (Å²) in [6.07, 6.45) is -0.0736. The van der Waals surface area contributed by atoms with Gasteiger partial charge in [0.05, 0.1) is 24.4 Å². The number of hydrogen-bond donors (Lipinski definition) is 1. The first-order valence-electron chi connectivity index (χ1n) is 12.9. The van der Waals surface area contributed by atoms with Crippen molar-refractivity contribution >= 4 is 10.9 Å². The number of likely N-dealkylation sites (tertiary alicyclic amines) is 1. The number of pyridine rings is 1. The van der Waals surface area contributed by atoms with Crippen LogP contribution in [0.3, 0.4) is 0 Å². The van der Waals surface area contributed by atoms with Gasteiger partial charge in [-0.3, -0.25) is 10.00 Å². The standard InChI is InChI=1S/C27H30F3N7O/c1-17-5-4-8-37(12-17)13-21-25-20(10-22(32-21)27(28,29)30)24(34-35-25)18-6-3-7-19(9-18)26(14-38-15-26)11-23-33-31-16-36(23)2/h3,6-7,9-10,16-17H,4-5,8,11-15H2,1-2H3,(H,34,35)/t17-/m0/s1. The van der Waals surface area contributed by atoms with E-state index in [4.69, 9.17) is 4.74 Å². The van der Waals surface area contributed by atoms with Crippen LogP contribution >= 0.6 is 0 Å². The maximum Gasteiger partial charge on any atom is 0.433 e. The summed E-state index contributed by atoms with van der Waals surface area (Å²) in [7, 11) is 1.91. The van der Waals surface area contributed by atoms with Crippen LogP contribution in [0.1, 0.15) is 42.5 Å². The summed E-state index contributed by atoms with van der Waals surface area (Å²) >= 11 is 0. The molecule has 0 radical (unpaired) electrons. The molecule has 5 heterocycles. The average Bonchev–Trinajstić information content (AvgIpc) is 3.47. The zero-order chi connectivity index (χ0) is 26.5. The van der Waals surface area contributed by atoms with Gasteiger partial charge in [0.2, 0.25) is 0 Å². The van der Waals surface area contributed by atoms with Crippen molar-refractivity contribution in [2.45, 2.75) is 44.3 Å². The third kappa shape index (κ3) is 4.58. The van der Waals surface area contributed by atoms with Crippen LogP contribution in [0.4, 0.5) is 13.2 Å². The summed E-state index contributed by atoms with van der Waals surface area (Å²) in [4.78, 5) is 6.24. The van der Waals surface area contributed by atoms with Crippen molar-refractivity contribution in [3.8, 4) is 11.3 Å². The number of aromatic amines is 1. The molecule has 0 aliphatic carbocycles. The lowest BCUT2D eigenvalue weighted by Gasteiger charge is -2.41. The van der Waals surface area contributed by atoms with Gasteiger partial charge in [0.25, 0.3) is 0 Å². The number of hydrogen-bond acceptors (Lipinski definition) is 6. The monoisotopic (exact) mass is 525 g/mol. The molecule has 0 amide bonds. The number of piperidine rings is 1. The molecule has 8 nitrogen and oxygen atoms in total. The SMILES string of the molecule is C[C@H]1CCCN(Cc2nc(C(F)(F)F)cc3c(-c4cccc(C5(Cc6nncn6C)COC5)c4)n[nH]c23)C1. The predicted molar refractivity (Wildman–Crippen MR) is 135 cm³/mol. The Kier molecular flexibility index (Phi) is 6.22. The lowest BCUT2D eigenvalue weighted by atomic mass is 9.75. The molecule has 1 N–H and O–H groups in total. The van der Waals surface area contributed by atoms with Gasteiger partial charge >= 0.3 is 6.18 Å². The Balaban J connectivity index is 1.40. The first-order valence-corrected chi connectivity index (χ1v) is 12.9. The second kappa shape index (κ2) is 9.46. The van der Waals surface area contributed by atoms with Gasteiger partial charge in [0.1, 0.15) is 23.5 Å². The van der Waals surface area contributed by atoms with E-state index < -0.39 is 11.9 Å². The lowest BCUT2D eigenvalue weighted by Crippen LogP contribution is -2.49. The zero-order valence-electron chi connectivity index (χ0n) is 21.4. The van der Waals surface area contributed by atoms with Crippen LogP contribution in [-0.2, 0) is 36.3 Å². The summed E-state index contributed by atoms with van der Waals surface area (Å²) in [5.41, 5.74) is 2.02. The number of ether oxygens (including phenoxy) is 1. The number of H-pyrrole nitrogens is 1. The highest BCUT2D eigenvalue weighted by atomic mass is 19.4. The topological polar surface area (TPSA) is 84.8 Å². The normalized spacial score (nSPS) is 20.1. The van der Waals surface area contributed by atoms with Crippen molar-refractivity contribution < 1.29 is 17.9 Å². The van der Waals surface area contributed by atoms with Gasteiger partial charge in [0.15, 0.2) is 0 Å². The fraction of sp³-hybridized carbons (Fsp3) is 0.481. The van der Waals surface area contributed by atoms with E-state index in [0.29, 0.717) is 54.4 Å². The number of aryl methyl sites for hydroxylation is 1. The van der Waals surface area contributed by atoms with E-state index in [1.807, 2.05) is 35.9 Å². The molecule has 1 aromatic carbocycles. The molecular weight excluding hydrogens is 495 g/mol. The van der Waals surface area contributed by atoms with Crippen molar-refractivity contribution in [2.75, 3.05) is 26.3 Å². The number of nitrogens with one attached hydrogen (secondary N) is 1. The predicted octanol–water partition coefficient (Wildman–Crippen LogP) is 4.51. The molecule has 200 valence electrons. The van der Waals surface area contributed by atoms with Crippen molar-refractivity contribution in [1.82, 2.24) is 34.8 Å². The van der Waals surface area contributed by atoms with Gasteiger partial charge < -0.3 is 9.30 Å². The Morgan fingerprint density at radius 1 is 1.21 bits per heavy atom. The minimum Gasteiger partial charge on any atom is -0.379 e. The minimum atomic E-state index is -4.56. The van der Waals surface area contributed by atoms with Gasteiger partial charge in [-0.25, -0.2) is 4.98 Å². The molecule has 38 heavy (non-hydrogen) atoms. The molecule has 2 aliphatic heterocycles. The van der Waals surface area contributed by atoms with Crippen LogP contribution in [0.5, 0.6) is 0 Å². The van der Waals surface area contributed by atoms with E-state index in [9.17, 15) is 13.2 Å². The molecule has 6 rings (SSSR count). The highest BCUT2D eigenvalue weighted by Crippen LogP contribution is 2.39. The molecule has 0 unspecified atom stereocenters. The number of alkyl halides is 3. The molecule has 0 saturated carbocycles. The summed E-state index contributed by atoms with van der Waals surface area (Å²) < 4.78 is 49.3. The highest BCUT2D eigenvalue weighted by Gasteiger charge is 2.42.